The van der Waals surface area contributed by atoms with Crippen molar-refractivity contribution in [1.29, 1.82) is 0 Å². The van der Waals surface area contributed by atoms with Crippen LogP contribution in [0, 0.1) is 0 Å². The Bertz CT molecular complexity index is 420. The summed E-state index contributed by atoms with van der Waals surface area (Å²) in [5.74, 6) is 1.02. The second kappa shape index (κ2) is 7.28. The summed E-state index contributed by atoms with van der Waals surface area (Å²) in [7, 11) is 0. The minimum absolute atomic E-state index is 0.272. The highest BCUT2D eigenvalue weighted by Gasteiger charge is 2.01. The lowest BCUT2D eigenvalue weighted by Crippen LogP contribution is -2.37. The lowest BCUT2D eigenvalue weighted by atomic mass is 10.4. The van der Waals surface area contributed by atoms with Crippen molar-refractivity contribution in [2.24, 2.45) is 10.7 Å². The van der Waals surface area contributed by atoms with Gasteiger partial charge in [0.1, 0.15) is 5.82 Å². The maximum absolute atomic E-state index is 5.96. The molecule has 0 radical (unpaired) electrons. The van der Waals surface area contributed by atoms with Crippen molar-refractivity contribution in [2.75, 3.05) is 18.4 Å². The van der Waals surface area contributed by atoms with Gasteiger partial charge in [0.15, 0.2) is 5.96 Å². The zero-order valence-electron chi connectivity index (χ0n) is 10.4. The van der Waals surface area contributed by atoms with E-state index in [1.807, 2.05) is 13.8 Å². The summed E-state index contributed by atoms with van der Waals surface area (Å²) in [6, 6.07) is 1.91. The molecule has 0 amide bonds. The number of nitrogens with one attached hydrogen (secondary N) is 2. The molecule has 0 aromatic carbocycles. The predicted molar refractivity (Wildman–Crippen MR) is 77.5 cm³/mol. The zero-order chi connectivity index (χ0) is 13.5. The van der Waals surface area contributed by atoms with Crippen LogP contribution >= 0.6 is 23.2 Å². The lowest BCUT2D eigenvalue weighted by Gasteiger charge is -2.09. The molecular weight excluding hydrogens is 273 g/mol. The van der Waals surface area contributed by atoms with Crippen molar-refractivity contribution in [3.63, 3.8) is 0 Å². The van der Waals surface area contributed by atoms with Crippen LogP contribution in [0.25, 0.3) is 0 Å². The van der Waals surface area contributed by atoms with Crippen molar-refractivity contribution in [2.45, 2.75) is 19.9 Å². The molecule has 0 unspecified atom stereocenters. The van der Waals surface area contributed by atoms with E-state index in [0.29, 0.717) is 34.9 Å². The summed E-state index contributed by atoms with van der Waals surface area (Å²) < 4.78 is 0. The number of hydrogen-bond acceptors (Lipinski definition) is 3. The number of hydrogen-bond donors (Lipinski definition) is 3. The Balaban J connectivity index is 2.38. The number of halogens is 2. The van der Waals surface area contributed by atoms with Crippen LogP contribution in [0.5, 0.6) is 0 Å². The highest BCUT2D eigenvalue weighted by atomic mass is 35.5. The average Bonchev–Trinajstić information content (AvgIpc) is 2.25. The van der Waals surface area contributed by atoms with Crippen LogP contribution in [-0.4, -0.2) is 30.1 Å². The van der Waals surface area contributed by atoms with Gasteiger partial charge in [-0.2, -0.15) is 0 Å². The van der Waals surface area contributed by atoms with Crippen LogP contribution < -0.4 is 16.4 Å². The van der Waals surface area contributed by atoms with Gasteiger partial charge in [0.25, 0.3) is 0 Å². The third-order valence-corrected chi connectivity index (χ3v) is 2.43. The Morgan fingerprint density at radius 2 is 2.22 bits per heavy atom. The van der Waals surface area contributed by atoms with E-state index in [2.05, 4.69) is 20.6 Å². The molecule has 4 N–H and O–H groups in total. The Morgan fingerprint density at radius 1 is 1.50 bits per heavy atom. The van der Waals surface area contributed by atoms with Crippen molar-refractivity contribution in [3.8, 4) is 0 Å². The molecule has 0 aliphatic heterocycles. The van der Waals surface area contributed by atoms with Crippen molar-refractivity contribution in [1.82, 2.24) is 10.3 Å². The van der Waals surface area contributed by atoms with E-state index in [9.17, 15) is 0 Å². The van der Waals surface area contributed by atoms with E-state index in [1.165, 1.54) is 6.20 Å². The topological polar surface area (TPSA) is 75.3 Å². The zero-order valence-corrected chi connectivity index (χ0v) is 11.9. The fourth-order valence-electron chi connectivity index (χ4n) is 1.24. The summed E-state index contributed by atoms with van der Waals surface area (Å²) >= 11 is 11.7. The fraction of sp³-hybridized carbons (Fsp3) is 0.455. The number of nitrogens with two attached hydrogens (primary N) is 1. The standard InChI is InChI=1S/C11H17Cl2N5/c1-7(2)18-11(14)16-4-3-15-10-9(13)5-8(12)6-17-10/h5-7H,3-4H2,1-2H3,(H,15,17)(H3,14,16,18). The molecule has 1 aromatic heterocycles. The largest absolute Gasteiger partial charge is 0.370 e. The highest BCUT2D eigenvalue weighted by molar-refractivity contribution is 6.35. The number of aromatic nitrogens is 1. The van der Waals surface area contributed by atoms with Gasteiger partial charge in [-0.15, -0.1) is 0 Å². The first-order chi connectivity index (χ1) is 8.49. The van der Waals surface area contributed by atoms with Gasteiger partial charge < -0.3 is 16.4 Å². The minimum atomic E-state index is 0.272. The molecular formula is C11H17Cl2N5. The Morgan fingerprint density at radius 3 is 2.83 bits per heavy atom. The highest BCUT2D eigenvalue weighted by Crippen LogP contribution is 2.21. The average molecular weight is 290 g/mol. The molecule has 0 bridgehead atoms. The number of nitrogens with zero attached hydrogens (tertiary/aromatic N) is 2. The smallest absolute Gasteiger partial charge is 0.188 e. The van der Waals surface area contributed by atoms with Gasteiger partial charge >= 0.3 is 0 Å². The van der Waals surface area contributed by atoms with Gasteiger partial charge in [0, 0.05) is 18.8 Å². The molecule has 5 nitrogen and oxygen atoms in total. The van der Waals surface area contributed by atoms with E-state index in [-0.39, 0.29) is 6.04 Å². The van der Waals surface area contributed by atoms with Crippen LogP contribution in [0.1, 0.15) is 13.8 Å². The number of aliphatic imine (C=N–C) groups is 1. The van der Waals surface area contributed by atoms with Gasteiger partial charge in [0.05, 0.1) is 16.6 Å². The third kappa shape index (κ3) is 5.42. The van der Waals surface area contributed by atoms with E-state index in [0.717, 1.165) is 0 Å². The molecule has 0 aliphatic carbocycles. The molecule has 0 saturated heterocycles. The quantitative estimate of drug-likeness (QED) is 0.441. The van der Waals surface area contributed by atoms with Gasteiger partial charge in [-0.3, -0.25) is 4.99 Å². The van der Waals surface area contributed by atoms with Crippen molar-refractivity contribution in [3.05, 3.63) is 22.3 Å². The fourth-order valence-corrected chi connectivity index (χ4v) is 1.68. The molecule has 100 valence electrons. The van der Waals surface area contributed by atoms with Gasteiger partial charge in [-0.1, -0.05) is 23.2 Å². The summed E-state index contributed by atoms with van der Waals surface area (Å²) in [4.78, 5) is 8.22. The molecule has 0 spiro atoms. The maximum Gasteiger partial charge on any atom is 0.188 e. The second-order valence-electron chi connectivity index (χ2n) is 3.98. The molecule has 0 aliphatic rings. The molecule has 0 fully saturated rings. The molecule has 7 heteroatoms. The Kier molecular flexibility index (Phi) is 6.01. The molecule has 0 saturated carbocycles. The van der Waals surface area contributed by atoms with Crippen molar-refractivity contribution < 1.29 is 0 Å². The Labute approximate surface area is 117 Å². The number of pyridine rings is 1. The molecule has 1 rings (SSSR count). The number of guanidine groups is 1. The Hall–Kier alpha value is -1.20. The third-order valence-electron chi connectivity index (χ3n) is 1.93. The van der Waals surface area contributed by atoms with E-state index < -0.39 is 0 Å². The van der Waals surface area contributed by atoms with Gasteiger partial charge in [-0.05, 0) is 19.9 Å². The van der Waals surface area contributed by atoms with Crippen LogP contribution in [-0.2, 0) is 0 Å². The molecule has 1 heterocycles. The van der Waals surface area contributed by atoms with Gasteiger partial charge in [-0.25, -0.2) is 4.98 Å². The summed E-state index contributed by atoms with van der Waals surface area (Å²) in [5.41, 5.74) is 5.66. The number of rotatable bonds is 5. The molecule has 1 aromatic rings. The lowest BCUT2D eigenvalue weighted by molar-refractivity contribution is 0.724. The van der Waals surface area contributed by atoms with Crippen LogP contribution in [0.15, 0.2) is 17.3 Å². The predicted octanol–water partition coefficient (Wildman–Crippen LogP) is 2.11. The van der Waals surface area contributed by atoms with E-state index >= 15 is 0 Å². The normalized spacial score (nSPS) is 11.7. The molecule has 18 heavy (non-hydrogen) atoms. The number of anilines is 1. The summed E-state index contributed by atoms with van der Waals surface area (Å²) in [6.45, 7) is 5.12. The first-order valence-corrected chi connectivity index (χ1v) is 6.36. The van der Waals surface area contributed by atoms with E-state index in [1.54, 1.807) is 6.07 Å². The monoisotopic (exact) mass is 289 g/mol. The first kappa shape index (κ1) is 14.9. The SMILES string of the molecule is CC(C)NC(N)=NCCNc1ncc(Cl)cc1Cl. The minimum Gasteiger partial charge on any atom is -0.370 e. The summed E-state index contributed by atoms with van der Waals surface area (Å²) in [6.07, 6.45) is 1.54. The summed E-state index contributed by atoms with van der Waals surface area (Å²) in [5, 5.41) is 7.05. The molecule has 0 atom stereocenters. The first-order valence-electron chi connectivity index (χ1n) is 5.60. The van der Waals surface area contributed by atoms with Gasteiger partial charge in [0.2, 0.25) is 0 Å². The van der Waals surface area contributed by atoms with Crippen LogP contribution in [0.4, 0.5) is 5.82 Å². The second-order valence-corrected chi connectivity index (χ2v) is 4.82. The van der Waals surface area contributed by atoms with Crippen LogP contribution in [0.3, 0.4) is 0 Å². The van der Waals surface area contributed by atoms with Crippen molar-refractivity contribution >= 4 is 35.0 Å². The maximum atomic E-state index is 5.96. The van der Waals surface area contributed by atoms with Crippen LogP contribution in [0.2, 0.25) is 10.0 Å². The van der Waals surface area contributed by atoms with E-state index in [4.69, 9.17) is 28.9 Å².